The Morgan fingerprint density at radius 1 is 1.05 bits per heavy atom. The van der Waals surface area contributed by atoms with Crippen molar-refractivity contribution in [3.05, 3.63) is 46.7 Å². The second-order valence-electron chi connectivity index (χ2n) is 4.14. The molecule has 0 aliphatic carbocycles. The summed E-state index contributed by atoms with van der Waals surface area (Å²) in [5, 5.41) is 6.69. The summed E-state index contributed by atoms with van der Waals surface area (Å²) in [5.74, 6) is 0. The zero-order valence-corrected chi connectivity index (χ0v) is 13.8. The molecule has 0 saturated heterocycles. The first kappa shape index (κ1) is 13.9. The Kier molecular flexibility index (Phi) is 4.55. The Bertz CT molecular complexity index is 716. The number of hydrogen-bond acceptors (Lipinski definition) is 5. The van der Waals surface area contributed by atoms with Crippen LogP contribution in [0.15, 0.2) is 46.1 Å². The molecule has 3 rings (SSSR count). The molecule has 20 heavy (non-hydrogen) atoms. The van der Waals surface area contributed by atoms with Gasteiger partial charge in [-0.2, -0.15) is 0 Å². The summed E-state index contributed by atoms with van der Waals surface area (Å²) in [5.41, 5.74) is 1.36. The SMILES string of the molecule is S=C=NCCc1cc(-c2cccs2)sc1-c1cccs1. The van der Waals surface area contributed by atoms with Crippen LogP contribution in [0, 0.1) is 0 Å². The molecule has 0 aliphatic rings. The van der Waals surface area contributed by atoms with Gasteiger partial charge in [-0.05, 0) is 53.2 Å². The highest BCUT2D eigenvalue weighted by atomic mass is 32.1. The summed E-state index contributed by atoms with van der Waals surface area (Å²) < 4.78 is 0. The quantitative estimate of drug-likeness (QED) is 0.421. The van der Waals surface area contributed by atoms with Crippen LogP contribution in [-0.4, -0.2) is 11.7 Å². The zero-order valence-electron chi connectivity index (χ0n) is 10.5. The Labute approximate surface area is 135 Å². The van der Waals surface area contributed by atoms with E-state index in [4.69, 9.17) is 0 Å². The van der Waals surface area contributed by atoms with E-state index in [1.54, 1.807) is 22.7 Å². The lowest BCUT2D eigenvalue weighted by Crippen LogP contribution is -1.88. The highest BCUT2D eigenvalue weighted by Crippen LogP contribution is 2.41. The van der Waals surface area contributed by atoms with Crippen molar-refractivity contribution in [2.24, 2.45) is 4.99 Å². The zero-order chi connectivity index (χ0) is 13.8. The number of thiophene rings is 3. The molecule has 3 aromatic heterocycles. The van der Waals surface area contributed by atoms with Crippen molar-refractivity contribution in [2.45, 2.75) is 6.42 Å². The summed E-state index contributed by atoms with van der Waals surface area (Å²) in [6, 6.07) is 10.9. The third-order valence-corrected chi connectivity index (χ3v) is 6.30. The molecule has 0 aliphatic heterocycles. The van der Waals surface area contributed by atoms with Crippen molar-refractivity contribution in [3.63, 3.8) is 0 Å². The molecule has 1 nitrogen and oxygen atoms in total. The van der Waals surface area contributed by atoms with Gasteiger partial charge in [-0.3, -0.25) is 0 Å². The molecule has 100 valence electrons. The van der Waals surface area contributed by atoms with Gasteiger partial charge in [-0.25, -0.2) is 4.99 Å². The van der Waals surface area contributed by atoms with Crippen LogP contribution < -0.4 is 0 Å². The lowest BCUT2D eigenvalue weighted by Gasteiger charge is -1.98. The summed E-state index contributed by atoms with van der Waals surface area (Å²) >= 11 is 10.1. The van der Waals surface area contributed by atoms with Gasteiger partial charge < -0.3 is 0 Å². The van der Waals surface area contributed by atoms with Crippen LogP contribution in [0.3, 0.4) is 0 Å². The second-order valence-corrected chi connectivity index (χ2v) is 7.27. The van der Waals surface area contributed by atoms with Gasteiger partial charge in [0.15, 0.2) is 0 Å². The van der Waals surface area contributed by atoms with Crippen LogP contribution >= 0.6 is 46.2 Å². The molecule has 0 atom stereocenters. The molecule has 0 fully saturated rings. The third kappa shape index (κ3) is 2.97. The van der Waals surface area contributed by atoms with E-state index in [2.05, 4.69) is 63.5 Å². The van der Waals surface area contributed by atoms with Crippen molar-refractivity contribution in [1.29, 1.82) is 0 Å². The maximum Gasteiger partial charge on any atom is 0.0585 e. The van der Waals surface area contributed by atoms with Gasteiger partial charge in [-0.1, -0.05) is 12.1 Å². The predicted octanol–water partition coefficient (Wildman–Crippen LogP) is 5.85. The average molecular weight is 334 g/mol. The number of rotatable bonds is 5. The van der Waals surface area contributed by atoms with E-state index in [1.165, 1.54) is 25.1 Å². The first-order valence-corrected chi connectivity index (χ1v) is 9.11. The standard InChI is InChI=1S/C15H11NS4/c17-10-16-6-5-11-9-14(12-3-1-7-18-12)20-15(11)13-4-2-8-19-13/h1-4,7-9H,5-6H2. The normalized spacial score (nSPS) is 10.4. The molecular weight excluding hydrogens is 322 g/mol. The van der Waals surface area contributed by atoms with Crippen LogP contribution in [0.25, 0.3) is 19.5 Å². The molecular formula is C15H11NS4. The van der Waals surface area contributed by atoms with Crippen LogP contribution in [0.4, 0.5) is 0 Å². The van der Waals surface area contributed by atoms with E-state index < -0.39 is 0 Å². The fourth-order valence-electron chi connectivity index (χ4n) is 1.99. The largest absolute Gasteiger partial charge is 0.232 e. The smallest absolute Gasteiger partial charge is 0.0585 e. The highest BCUT2D eigenvalue weighted by molar-refractivity contribution is 7.78. The lowest BCUT2D eigenvalue weighted by atomic mass is 10.1. The van der Waals surface area contributed by atoms with Gasteiger partial charge in [-0.15, -0.1) is 34.0 Å². The summed E-state index contributed by atoms with van der Waals surface area (Å²) in [4.78, 5) is 9.40. The fraction of sp³-hybridized carbons (Fsp3) is 0.133. The fourth-order valence-corrected chi connectivity index (χ4v) is 5.01. The van der Waals surface area contributed by atoms with Gasteiger partial charge >= 0.3 is 0 Å². The van der Waals surface area contributed by atoms with Crippen molar-refractivity contribution < 1.29 is 0 Å². The van der Waals surface area contributed by atoms with Crippen LogP contribution in [0.5, 0.6) is 0 Å². The van der Waals surface area contributed by atoms with Gasteiger partial charge in [0.1, 0.15) is 0 Å². The number of hydrogen-bond donors (Lipinski definition) is 0. The topological polar surface area (TPSA) is 12.4 Å². The van der Waals surface area contributed by atoms with Crippen molar-refractivity contribution in [3.8, 4) is 19.5 Å². The van der Waals surface area contributed by atoms with Crippen molar-refractivity contribution in [2.75, 3.05) is 6.54 Å². The highest BCUT2D eigenvalue weighted by Gasteiger charge is 2.13. The first-order chi connectivity index (χ1) is 9.88. The maximum atomic E-state index is 4.64. The molecule has 0 amide bonds. The molecule has 0 spiro atoms. The minimum Gasteiger partial charge on any atom is -0.232 e. The molecule has 5 heteroatoms. The lowest BCUT2D eigenvalue weighted by molar-refractivity contribution is 0.984. The Morgan fingerprint density at radius 2 is 1.80 bits per heavy atom. The van der Waals surface area contributed by atoms with Gasteiger partial charge in [0.25, 0.3) is 0 Å². The Hall–Kier alpha value is -1.10. The van der Waals surface area contributed by atoms with Gasteiger partial charge in [0.2, 0.25) is 0 Å². The number of isothiocyanates is 1. The predicted molar refractivity (Wildman–Crippen MR) is 94.5 cm³/mol. The number of nitrogens with zero attached hydrogens (tertiary/aromatic N) is 1. The second kappa shape index (κ2) is 6.57. The minimum atomic E-state index is 0.711. The molecule has 0 aromatic carbocycles. The Morgan fingerprint density at radius 3 is 2.45 bits per heavy atom. The van der Waals surface area contributed by atoms with E-state index in [-0.39, 0.29) is 0 Å². The number of aliphatic imine (C=N–C) groups is 1. The van der Waals surface area contributed by atoms with Crippen molar-refractivity contribution in [1.82, 2.24) is 0 Å². The van der Waals surface area contributed by atoms with Crippen LogP contribution in [0.2, 0.25) is 0 Å². The van der Waals surface area contributed by atoms with E-state index in [0.717, 1.165) is 6.42 Å². The van der Waals surface area contributed by atoms with Crippen LogP contribution in [0.1, 0.15) is 5.56 Å². The molecule has 0 saturated carbocycles. The van der Waals surface area contributed by atoms with E-state index in [9.17, 15) is 0 Å². The molecule has 3 heterocycles. The van der Waals surface area contributed by atoms with E-state index in [0.29, 0.717) is 6.54 Å². The molecule has 0 bridgehead atoms. The molecule has 0 N–H and O–H groups in total. The number of thiocarbonyl (C=S) groups is 1. The minimum absolute atomic E-state index is 0.711. The summed E-state index contributed by atoms with van der Waals surface area (Å²) in [6.45, 7) is 0.711. The molecule has 0 unspecified atom stereocenters. The van der Waals surface area contributed by atoms with E-state index >= 15 is 0 Å². The van der Waals surface area contributed by atoms with Gasteiger partial charge in [0, 0.05) is 19.5 Å². The Balaban J connectivity index is 1.99. The van der Waals surface area contributed by atoms with Crippen LogP contribution in [-0.2, 0) is 6.42 Å². The monoisotopic (exact) mass is 333 g/mol. The average Bonchev–Trinajstić information content (AvgIpc) is 3.20. The molecule has 0 radical (unpaired) electrons. The maximum absolute atomic E-state index is 4.64. The molecule has 3 aromatic rings. The van der Waals surface area contributed by atoms with E-state index in [1.807, 2.05) is 11.3 Å². The third-order valence-electron chi connectivity index (χ3n) is 2.88. The summed E-state index contributed by atoms with van der Waals surface area (Å²) in [7, 11) is 0. The van der Waals surface area contributed by atoms with Crippen molar-refractivity contribution >= 4 is 51.4 Å². The van der Waals surface area contributed by atoms with Gasteiger partial charge in [0.05, 0.1) is 11.7 Å². The first-order valence-electron chi connectivity index (χ1n) is 6.12. The summed E-state index contributed by atoms with van der Waals surface area (Å²) in [6.07, 6.45) is 0.915.